The highest BCUT2D eigenvalue weighted by molar-refractivity contribution is 5.92. The van der Waals surface area contributed by atoms with Crippen molar-refractivity contribution in [3.05, 3.63) is 18.1 Å². The van der Waals surface area contributed by atoms with Crippen LogP contribution in [-0.2, 0) is 9.47 Å². The van der Waals surface area contributed by atoms with Crippen molar-refractivity contribution in [3.8, 4) is 0 Å². The van der Waals surface area contributed by atoms with Crippen LogP contribution in [0.3, 0.4) is 0 Å². The number of anilines is 1. The third-order valence-electron chi connectivity index (χ3n) is 2.06. The van der Waals surface area contributed by atoms with Gasteiger partial charge < -0.3 is 20.5 Å². The van der Waals surface area contributed by atoms with E-state index in [0.717, 1.165) is 0 Å². The molecule has 0 aliphatic heterocycles. The second kappa shape index (κ2) is 6.77. The standard InChI is InChI=1S/C10H16N4O3/c1-16-6-7(17-2)3-13-10(15)8-4-12-5-9(11)14-8/h4-5,7H,3,6H2,1-2H3,(H2,11,14)(H,13,15). The van der Waals surface area contributed by atoms with Crippen molar-refractivity contribution in [1.29, 1.82) is 0 Å². The summed E-state index contributed by atoms with van der Waals surface area (Å²) >= 11 is 0. The van der Waals surface area contributed by atoms with E-state index in [9.17, 15) is 4.79 Å². The van der Waals surface area contributed by atoms with Gasteiger partial charge in [-0.05, 0) is 0 Å². The highest BCUT2D eigenvalue weighted by Gasteiger charge is 2.12. The van der Waals surface area contributed by atoms with E-state index in [1.165, 1.54) is 12.4 Å². The minimum atomic E-state index is -0.344. The van der Waals surface area contributed by atoms with Crippen molar-refractivity contribution < 1.29 is 14.3 Å². The molecule has 0 spiro atoms. The van der Waals surface area contributed by atoms with Crippen LogP contribution >= 0.6 is 0 Å². The number of aromatic nitrogens is 2. The molecule has 0 aliphatic carbocycles. The van der Waals surface area contributed by atoms with Crippen LogP contribution < -0.4 is 11.1 Å². The van der Waals surface area contributed by atoms with Crippen LogP contribution in [-0.4, -0.2) is 49.4 Å². The third kappa shape index (κ3) is 4.33. The fourth-order valence-corrected chi connectivity index (χ4v) is 1.18. The Morgan fingerprint density at radius 3 is 2.88 bits per heavy atom. The van der Waals surface area contributed by atoms with Gasteiger partial charge in [0.05, 0.1) is 25.1 Å². The molecule has 7 heteroatoms. The van der Waals surface area contributed by atoms with Gasteiger partial charge in [0.2, 0.25) is 0 Å². The molecule has 94 valence electrons. The van der Waals surface area contributed by atoms with Crippen LogP contribution in [0.15, 0.2) is 12.4 Å². The van der Waals surface area contributed by atoms with Gasteiger partial charge in [0.15, 0.2) is 0 Å². The molecule has 1 amide bonds. The molecule has 0 bridgehead atoms. The zero-order chi connectivity index (χ0) is 12.7. The molecule has 1 atom stereocenters. The number of hydrogen-bond acceptors (Lipinski definition) is 6. The molecule has 17 heavy (non-hydrogen) atoms. The fraction of sp³-hybridized carbons (Fsp3) is 0.500. The number of rotatable bonds is 6. The summed E-state index contributed by atoms with van der Waals surface area (Å²) in [6.45, 7) is 0.735. The Hall–Kier alpha value is -1.73. The van der Waals surface area contributed by atoms with Gasteiger partial charge in [0.1, 0.15) is 11.5 Å². The van der Waals surface area contributed by atoms with E-state index in [0.29, 0.717) is 13.2 Å². The van der Waals surface area contributed by atoms with E-state index in [4.69, 9.17) is 15.2 Å². The Balaban J connectivity index is 2.49. The minimum Gasteiger partial charge on any atom is -0.382 e. The SMILES string of the molecule is COCC(CNC(=O)c1cncc(N)n1)OC. The Morgan fingerprint density at radius 1 is 1.53 bits per heavy atom. The van der Waals surface area contributed by atoms with Crippen LogP contribution in [0.2, 0.25) is 0 Å². The van der Waals surface area contributed by atoms with E-state index in [1.807, 2.05) is 0 Å². The average Bonchev–Trinajstić information content (AvgIpc) is 2.34. The first-order chi connectivity index (χ1) is 8.17. The van der Waals surface area contributed by atoms with Crippen molar-refractivity contribution in [1.82, 2.24) is 15.3 Å². The zero-order valence-corrected chi connectivity index (χ0v) is 9.84. The number of carbonyl (C=O) groups is 1. The quantitative estimate of drug-likeness (QED) is 0.692. The second-order valence-corrected chi connectivity index (χ2v) is 3.35. The van der Waals surface area contributed by atoms with Gasteiger partial charge in [0, 0.05) is 20.8 Å². The second-order valence-electron chi connectivity index (χ2n) is 3.35. The van der Waals surface area contributed by atoms with Crippen LogP contribution in [0.5, 0.6) is 0 Å². The van der Waals surface area contributed by atoms with Crippen molar-refractivity contribution in [2.45, 2.75) is 6.10 Å². The Morgan fingerprint density at radius 2 is 2.29 bits per heavy atom. The first-order valence-electron chi connectivity index (χ1n) is 5.04. The predicted molar refractivity (Wildman–Crippen MR) is 61.5 cm³/mol. The van der Waals surface area contributed by atoms with E-state index in [1.54, 1.807) is 14.2 Å². The number of methoxy groups -OCH3 is 2. The average molecular weight is 240 g/mol. The molecule has 1 unspecified atom stereocenters. The van der Waals surface area contributed by atoms with Gasteiger partial charge in [-0.15, -0.1) is 0 Å². The number of nitrogens with zero attached hydrogens (tertiary/aromatic N) is 2. The lowest BCUT2D eigenvalue weighted by molar-refractivity contribution is 0.0285. The summed E-state index contributed by atoms with van der Waals surface area (Å²) in [5.41, 5.74) is 5.61. The van der Waals surface area contributed by atoms with E-state index in [2.05, 4.69) is 15.3 Å². The van der Waals surface area contributed by atoms with Crippen molar-refractivity contribution >= 4 is 11.7 Å². The van der Waals surface area contributed by atoms with E-state index < -0.39 is 0 Å². The van der Waals surface area contributed by atoms with Gasteiger partial charge in [-0.1, -0.05) is 0 Å². The lowest BCUT2D eigenvalue weighted by Crippen LogP contribution is -2.36. The predicted octanol–water partition coefficient (Wildman–Crippen LogP) is -0.550. The summed E-state index contributed by atoms with van der Waals surface area (Å²) in [5.74, 6) is -0.138. The molecule has 1 aromatic heterocycles. The Bertz CT molecular complexity index is 372. The summed E-state index contributed by atoms with van der Waals surface area (Å²) in [6.07, 6.45) is 2.53. The molecule has 0 aliphatic rings. The van der Waals surface area contributed by atoms with E-state index in [-0.39, 0.29) is 23.5 Å². The molecule has 3 N–H and O–H groups in total. The minimum absolute atomic E-state index is 0.178. The molecule has 1 heterocycles. The fourth-order valence-electron chi connectivity index (χ4n) is 1.18. The number of nitrogens with one attached hydrogen (secondary N) is 1. The van der Waals surface area contributed by atoms with Gasteiger partial charge in [-0.3, -0.25) is 9.78 Å². The van der Waals surface area contributed by atoms with Gasteiger partial charge in [0.25, 0.3) is 5.91 Å². The van der Waals surface area contributed by atoms with Crippen LogP contribution in [0, 0.1) is 0 Å². The lowest BCUT2D eigenvalue weighted by atomic mass is 10.3. The molecule has 0 saturated heterocycles. The summed E-state index contributed by atoms with van der Waals surface area (Å²) < 4.78 is 10.0. The normalized spacial score (nSPS) is 12.1. The molecule has 0 fully saturated rings. The lowest BCUT2D eigenvalue weighted by Gasteiger charge is -2.14. The summed E-state index contributed by atoms with van der Waals surface area (Å²) in [4.78, 5) is 19.3. The van der Waals surface area contributed by atoms with E-state index >= 15 is 0 Å². The van der Waals surface area contributed by atoms with Crippen molar-refractivity contribution in [3.63, 3.8) is 0 Å². The number of nitrogen functional groups attached to an aromatic ring is 1. The zero-order valence-electron chi connectivity index (χ0n) is 9.84. The third-order valence-corrected chi connectivity index (χ3v) is 2.06. The highest BCUT2D eigenvalue weighted by atomic mass is 16.5. The number of carbonyl (C=O) groups excluding carboxylic acids is 1. The number of nitrogens with two attached hydrogens (primary N) is 1. The topological polar surface area (TPSA) is 99.4 Å². The van der Waals surface area contributed by atoms with Crippen LogP contribution in [0.25, 0.3) is 0 Å². The maximum Gasteiger partial charge on any atom is 0.271 e. The summed E-state index contributed by atoms with van der Waals surface area (Å²) in [7, 11) is 3.12. The maximum absolute atomic E-state index is 11.7. The molecule has 7 nitrogen and oxygen atoms in total. The van der Waals surface area contributed by atoms with Crippen LogP contribution in [0.4, 0.5) is 5.82 Å². The first kappa shape index (κ1) is 13.3. The van der Waals surface area contributed by atoms with Gasteiger partial charge >= 0.3 is 0 Å². The smallest absolute Gasteiger partial charge is 0.271 e. The molecule has 1 rings (SSSR count). The molecule has 1 aromatic rings. The van der Waals surface area contributed by atoms with Crippen LogP contribution in [0.1, 0.15) is 10.5 Å². The first-order valence-corrected chi connectivity index (χ1v) is 5.04. The molecule has 0 aromatic carbocycles. The molecule has 0 saturated carbocycles. The number of amides is 1. The van der Waals surface area contributed by atoms with Crippen molar-refractivity contribution in [2.24, 2.45) is 0 Å². The molecular formula is C10H16N4O3. The largest absolute Gasteiger partial charge is 0.382 e. The Kier molecular flexibility index (Phi) is 5.31. The number of ether oxygens (including phenoxy) is 2. The summed E-state index contributed by atoms with van der Waals surface area (Å²) in [5, 5.41) is 2.66. The maximum atomic E-state index is 11.7. The highest BCUT2D eigenvalue weighted by Crippen LogP contribution is 1.97. The summed E-state index contributed by atoms with van der Waals surface area (Å²) in [6, 6.07) is 0. The molecular weight excluding hydrogens is 224 g/mol. The Labute approximate surface area is 99.3 Å². The molecule has 0 radical (unpaired) electrons. The number of hydrogen-bond donors (Lipinski definition) is 2. The monoisotopic (exact) mass is 240 g/mol. The van der Waals surface area contributed by atoms with Gasteiger partial charge in [-0.2, -0.15) is 0 Å². The van der Waals surface area contributed by atoms with Crippen molar-refractivity contribution in [2.75, 3.05) is 33.1 Å². The van der Waals surface area contributed by atoms with Gasteiger partial charge in [-0.25, -0.2) is 4.98 Å².